The fourth-order valence-corrected chi connectivity index (χ4v) is 2.79. The van der Waals surface area contributed by atoms with Gasteiger partial charge in [-0.15, -0.1) is 0 Å². The van der Waals surface area contributed by atoms with Crippen LogP contribution in [0.2, 0.25) is 0 Å². The van der Waals surface area contributed by atoms with Crippen LogP contribution in [0.25, 0.3) is 0 Å². The number of carbonyl (C=O) groups is 1. The molecule has 25 heavy (non-hydrogen) atoms. The summed E-state index contributed by atoms with van der Waals surface area (Å²) < 4.78 is 13.2. The number of anilines is 1. The Balaban J connectivity index is 1.91. The first-order valence-electron chi connectivity index (χ1n) is 8.55. The highest BCUT2D eigenvalue weighted by Crippen LogP contribution is 2.19. The van der Waals surface area contributed by atoms with Crippen molar-refractivity contribution in [2.45, 2.75) is 38.3 Å². The first-order valence-corrected chi connectivity index (χ1v) is 8.55. The molecule has 0 radical (unpaired) electrons. The van der Waals surface area contributed by atoms with Gasteiger partial charge in [-0.3, -0.25) is 4.79 Å². The summed E-state index contributed by atoms with van der Waals surface area (Å²) in [4.78, 5) is 12.2. The highest BCUT2D eigenvalue weighted by molar-refractivity contribution is 5.91. The maximum absolute atomic E-state index is 13.2. The number of hydrogen-bond acceptors (Lipinski definition) is 3. The molecule has 4 nitrogen and oxygen atoms in total. The molecule has 0 spiro atoms. The van der Waals surface area contributed by atoms with E-state index in [9.17, 15) is 9.18 Å². The largest absolute Gasteiger partial charge is 0.396 e. The van der Waals surface area contributed by atoms with E-state index in [0.717, 1.165) is 12.0 Å². The van der Waals surface area contributed by atoms with Crippen LogP contribution in [0.5, 0.6) is 0 Å². The molecule has 0 aliphatic carbocycles. The molecule has 0 aliphatic rings. The summed E-state index contributed by atoms with van der Waals surface area (Å²) in [6.45, 7) is 2.08. The molecule has 2 aromatic rings. The minimum atomic E-state index is -0.378. The van der Waals surface area contributed by atoms with Crippen molar-refractivity contribution in [2.75, 3.05) is 11.9 Å². The zero-order valence-corrected chi connectivity index (χ0v) is 14.4. The molecule has 0 aliphatic heterocycles. The molecule has 134 valence electrons. The molecule has 2 unspecified atom stereocenters. The molecule has 5 heteroatoms. The van der Waals surface area contributed by atoms with Crippen molar-refractivity contribution in [3.05, 3.63) is 66.0 Å². The van der Waals surface area contributed by atoms with E-state index in [0.29, 0.717) is 12.1 Å². The summed E-state index contributed by atoms with van der Waals surface area (Å²) in [6.07, 6.45) is 1.75. The van der Waals surface area contributed by atoms with Gasteiger partial charge in [-0.25, -0.2) is 4.39 Å². The zero-order chi connectivity index (χ0) is 18.1. The summed E-state index contributed by atoms with van der Waals surface area (Å²) >= 11 is 0. The maximum atomic E-state index is 13.2. The van der Waals surface area contributed by atoms with Crippen molar-refractivity contribution in [1.29, 1.82) is 0 Å². The molecule has 0 bridgehead atoms. The number of amides is 1. The third-order valence-electron chi connectivity index (χ3n) is 3.94. The van der Waals surface area contributed by atoms with Gasteiger partial charge >= 0.3 is 0 Å². The topological polar surface area (TPSA) is 61.4 Å². The van der Waals surface area contributed by atoms with Crippen LogP contribution in [0.3, 0.4) is 0 Å². The van der Waals surface area contributed by atoms with Gasteiger partial charge in [0.05, 0.1) is 0 Å². The minimum absolute atomic E-state index is 0.0579. The number of carbonyl (C=O) groups excluding carboxylic acids is 1. The molecule has 0 heterocycles. The van der Waals surface area contributed by atoms with Crippen LogP contribution < -0.4 is 10.6 Å². The minimum Gasteiger partial charge on any atom is -0.396 e. The Kier molecular flexibility index (Phi) is 7.57. The molecule has 2 aromatic carbocycles. The standard InChI is InChI=1S/C20H25FN2O2/c1-15(13-20(25)23-18-10-5-9-17(21)14-18)22-19(11-6-12-24)16-7-3-2-4-8-16/h2-5,7-10,14-15,19,22,24H,6,11-13H2,1H3,(H,23,25). The number of nitrogens with one attached hydrogen (secondary N) is 2. The van der Waals surface area contributed by atoms with E-state index >= 15 is 0 Å². The van der Waals surface area contributed by atoms with Crippen molar-refractivity contribution in [1.82, 2.24) is 5.32 Å². The Morgan fingerprint density at radius 3 is 2.60 bits per heavy atom. The molecule has 2 rings (SSSR count). The first-order chi connectivity index (χ1) is 12.1. The van der Waals surface area contributed by atoms with Gasteiger partial charge in [0, 0.05) is 30.8 Å². The summed E-state index contributed by atoms with van der Waals surface area (Å²) in [5, 5.41) is 15.3. The average molecular weight is 344 g/mol. The first kappa shape index (κ1) is 19.1. The Labute approximate surface area is 148 Å². The molecular formula is C20H25FN2O2. The number of benzene rings is 2. The summed E-state index contributed by atoms with van der Waals surface area (Å²) in [5.74, 6) is -0.545. The van der Waals surface area contributed by atoms with Crippen LogP contribution in [0.4, 0.5) is 10.1 Å². The van der Waals surface area contributed by atoms with E-state index in [2.05, 4.69) is 10.6 Å². The summed E-state index contributed by atoms with van der Waals surface area (Å²) in [7, 11) is 0. The van der Waals surface area contributed by atoms with Gasteiger partial charge in [-0.05, 0) is 43.5 Å². The van der Waals surface area contributed by atoms with Crippen LogP contribution in [-0.2, 0) is 4.79 Å². The molecule has 0 fully saturated rings. The molecule has 1 amide bonds. The van der Waals surface area contributed by atoms with E-state index < -0.39 is 0 Å². The number of aliphatic hydroxyl groups is 1. The van der Waals surface area contributed by atoms with Crippen LogP contribution in [0, 0.1) is 5.82 Å². The van der Waals surface area contributed by atoms with E-state index in [1.165, 1.54) is 12.1 Å². The van der Waals surface area contributed by atoms with Gasteiger partial charge in [0.25, 0.3) is 0 Å². The molecule has 0 saturated carbocycles. The number of rotatable bonds is 9. The molecular weight excluding hydrogens is 319 g/mol. The van der Waals surface area contributed by atoms with Crippen molar-refractivity contribution in [3.63, 3.8) is 0 Å². The van der Waals surface area contributed by atoms with Gasteiger partial charge in [0.15, 0.2) is 0 Å². The monoisotopic (exact) mass is 344 g/mol. The molecule has 0 saturated heterocycles. The predicted octanol–water partition coefficient (Wildman–Crippen LogP) is 3.65. The lowest BCUT2D eigenvalue weighted by Gasteiger charge is -2.23. The van der Waals surface area contributed by atoms with Gasteiger partial charge in [0.1, 0.15) is 5.82 Å². The maximum Gasteiger partial charge on any atom is 0.225 e. The molecule has 3 N–H and O–H groups in total. The van der Waals surface area contributed by atoms with E-state index in [1.54, 1.807) is 12.1 Å². The van der Waals surface area contributed by atoms with E-state index in [-0.39, 0.29) is 36.8 Å². The normalized spacial score (nSPS) is 13.2. The van der Waals surface area contributed by atoms with Crippen molar-refractivity contribution < 1.29 is 14.3 Å². The average Bonchev–Trinajstić information content (AvgIpc) is 2.59. The van der Waals surface area contributed by atoms with Gasteiger partial charge in [-0.1, -0.05) is 36.4 Å². The fraction of sp³-hybridized carbons (Fsp3) is 0.350. The zero-order valence-electron chi connectivity index (χ0n) is 14.4. The van der Waals surface area contributed by atoms with Crippen molar-refractivity contribution >= 4 is 11.6 Å². The van der Waals surface area contributed by atoms with Crippen LogP contribution in [-0.4, -0.2) is 23.7 Å². The fourth-order valence-electron chi connectivity index (χ4n) is 2.79. The third-order valence-corrected chi connectivity index (χ3v) is 3.94. The third kappa shape index (κ3) is 6.64. The number of aliphatic hydroxyl groups excluding tert-OH is 1. The highest BCUT2D eigenvalue weighted by Gasteiger charge is 2.16. The Hall–Kier alpha value is -2.24. The second-order valence-electron chi connectivity index (χ2n) is 6.16. The Morgan fingerprint density at radius 2 is 1.92 bits per heavy atom. The van der Waals surface area contributed by atoms with Crippen LogP contribution >= 0.6 is 0 Å². The Bertz CT molecular complexity index is 664. The van der Waals surface area contributed by atoms with Crippen molar-refractivity contribution in [2.24, 2.45) is 0 Å². The van der Waals surface area contributed by atoms with Gasteiger partial charge in [0.2, 0.25) is 5.91 Å². The summed E-state index contributed by atoms with van der Waals surface area (Å²) in [6, 6.07) is 15.9. The van der Waals surface area contributed by atoms with Gasteiger partial charge < -0.3 is 15.7 Å². The predicted molar refractivity (Wildman–Crippen MR) is 97.7 cm³/mol. The van der Waals surface area contributed by atoms with E-state index in [1.807, 2.05) is 37.3 Å². The van der Waals surface area contributed by atoms with E-state index in [4.69, 9.17) is 5.11 Å². The number of halogens is 1. The van der Waals surface area contributed by atoms with Gasteiger partial charge in [-0.2, -0.15) is 0 Å². The quantitative estimate of drug-likeness (QED) is 0.651. The Morgan fingerprint density at radius 1 is 1.16 bits per heavy atom. The second-order valence-corrected chi connectivity index (χ2v) is 6.16. The molecule has 2 atom stereocenters. The smallest absolute Gasteiger partial charge is 0.225 e. The SMILES string of the molecule is CC(CC(=O)Nc1cccc(F)c1)NC(CCCO)c1ccccc1. The summed E-state index contributed by atoms with van der Waals surface area (Å²) in [5.41, 5.74) is 1.59. The number of hydrogen-bond donors (Lipinski definition) is 3. The second kappa shape index (κ2) is 9.91. The van der Waals surface area contributed by atoms with Crippen molar-refractivity contribution in [3.8, 4) is 0 Å². The lowest BCUT2D eigenvalue weighted by atomic mass is 10.0. The van der Waals surface area contributed by atoms with Crippen LogP contribution in [0.15, 0.2) is 54.6 Å². The lowest BCUT2D eigenvalue weighted by Crippen LogP contribution is -2.34. The van der Waals surface area contributed by atoms with Crippen LogP contribution in [0.1, 0.15) is 37.8 Å². The lowest BCUT2D eigenvalue weighted by molar-refractivity contribution is -0.116. The molecule has 0 aromatic heterocycles. The highest BCUT2D eigenvalue weighted by atomic mass is 19.1.